The lowest BCUT2D eigenvalue weighted by molar-refractivity contribution is -0.133. The minimum atomic E-state index is -0.276. The normalized spacial score (nSPS) is 11.8. The Hall–Kier alpha value is -3.32. The van der Waals surface area contributed by atoms with Gasteiger partial charge in [0, 0.05) is 38.1 Å². The van der Waals surface area contributed by atoms with Crippen LogP contribution in [0.15, 0.2) is 71.5 Å². The number of nitrogens with zero attached hydrogens (tertiary/aromatic N) is 3. The Labute approximate surface area is 195 Å². The summed E-state index contributed by atoms with van der Waals surface area (Å²) in [6.45, 7) is 5.94. The van der Waals surface area contributed by atoms with Crippen LogP contribution in [0, 0.1) is 0 Å². The van der Waals surface area contributed by atoms with Gasteiger partial charge in [0.25, 0.3) is 5.91 Å². The van der Waals surface area contributed by atoms with E-state index in [1.807, 2.05) is 50.4 Å². The van der Waals surface area contributed by atoms with E-state index >= 15 is 0 Å². The number of carbonyl (C=O) groups is 2. The summed E-state index contributed by atoms with van der Waals surface area (Å²) in [7, 11) is 1.62. The number of amides is 2. The highest BCUT2D eigenvalue weighted by Gasteiger charge is 2.27. The maximum atomic E-state index is 13.4. The van der Waals surface area contributed by atoms with Gasteiger partial charge in [-0.3, -0.25) is 9.59 Å². The molecule has 176 valence electrons. The summed E-state index contributed by atoms with van der Waals surface area (Å²) in [5.74, 6) is -0.162. The number of ether oxygens (including phenoxy) is 1. The number of benzene rings is 1. The SMILES string of the molecule is CC[C@H](C)N(CC(=O)N(CCOC)Cc1cccn1Cc1ccccc1)C(=O)c1ccco1. The summed E-state index contributed by atoms with van der Waals surface area (Å²) in [6.07, 6.45) is 4.22. The van der Waals surface area contributed by atoms with Gasteiger partial charge in [0.05, 0.1) is 19.4 Å². The molecule has 0 radical (unpaired) electrons. The Balaban J connectivity index is 1.76. The van der Waals surface area contributed by atoms with Crippen molar-refractivity contribution in [2.24, 2.45) is 0 Å². The average molecular weight is 452 g/mol. The molecule has 7 nitrogen and oxygen atoms in total. The van der Waals surface area contributed by atoms with Gasteiger partial charge in [0.1, 0.15) is 6.54 Å². The average Bonchev–Trinajstić information content (AvgIpc) is 3.52. The van der Waals surface area contributed by atoms with Gasteiger partial charge in [0.2, 0.25) is 5.91 Å². The lowest BCUT2D eigenvalue weighted by atomic mass is 10.2. The molecular weight excluding hydrogens is 418 g/mol. The number of hydrogen-bond donors (Lipinski definition) is 0. The molecule has 3 aromatic rings. The Morgan fingerprint density at radius 1 is 1.09 bits per heavy atom. The maximum Gasteiger partial charge on any atom is 0.290 e. The van der Waals surface area contributed by atoms with Gasteiger partial charge in [-0.15, -0.1) is 0 Å². The van der Waals surface area contributed by atoms with E-state index in [0.717, 1.165) is 18.7 Å². The van der Waals surface area contributed by atoms with Crippen molar-refractivity contribution >= 4 is 11.8 Å². The molecule has 0 spiro atoms. The summed E-state index contributed by atoms with van der Waals surface area (Å²) in [6, 6.07) is 17.4. The fraction of sp³-hybridized carbons (Fsp3) is 0.385. The third kappa shape index (κ3) is 6.58. The second-order valence-corrected chi connectivity index (χ2v) is 8.09. The molecule has 0 aliphatic carbocycles. The van der Waals surface area contributed by atoms with Gasteiger partial charge in [0.15, 0.2) is 5.76 Å². The Morgan fingerprint density at radius 3 is 2.55 bits per heavy atom. The van der Waals surface area contributed by atoms with Crippen molar-refractivity contribution in [3.05, 3.63) is 84.1 Å². The summed E-state index contributed by atoms with van der Waals surface area (Å²) < 4.78 is 12.7. The topological polar surface area (TPSA) is 67.9 Å². The third-order valence-corrected chi connectivity index (χ3v) is 5.81. The predicted molar refractivity (Wildman–Crippen MR) is 127 cm³/mol. The van der Waals surface area contributed by atoms with Crippen molar-refractivity contribution in [3.63, 3.8) is 0 Å². The molecule has 0 N–H and O–H groups in total. The Kier molecular flexibility index (Phi) is 8.89. The van der Waals surface area contributed by atoms with E-state index in [4.69, 9.17) is 9.15 Å². The first-order chi connectivity index (χ1) is 16.0. The number of carbonyl (C=O) groups excluding carboxylic acids is 2. The molecule has 0 fully saturated rings. The second kappa shape index (κ2) is 12.1. The van der Waals surface area contributed by atoms with Crippen LogP contribution in [0.3, 0.4) is 0 Å². The number of rotatable bonds is 12. The maximum absolute atomic E-state index is 13.4. The van der Waals surface area contributed by atoms with E-state index in [9.17, 15) is 9.59 Å². The van der Waals surface area contributed by atoms with Crippen LogP contribution in [0.1, 0.15) is 42.1 Å². The summed E-state index contributed by atoms with van der Waals surface area (Å²) >= 11 is 0. The van der Waals surface area contributed by atoms with Crippen LogP contribution in [0.5, 0.6) is 0 Å². The van der Waals surface area contributed by atoms with Gasteiger partial charge < -0.3 is 23.5 Å². The van der Waals surface area contributed by atoms with E-state index in [1.54, 1.807) is 29.0 Å². The number of aromatic nitrogens is 1. The largest absolute Gasteiger partial charge is 0.459 e. The minimum absolute atomic E-state index is 0.0162. The van der Waals surface area contributed by atoms with Crippen LogP contribution < -0.4 is 0 Å². The minimum Gasteiger partial charge on any atom is -0.459 e. The lowest BCUT2D eigenvalue weighted by Gasteiger charge is -2.31. The number of furan rings is 1. The van der Waals surface area contributed by atoms with E-state index in [1.165, 1.54) is 11.8 Å². The smallest absolute Gasteiger partial charge is 0.290 e. The molecule has 0 saturated carbocycles. The standard InChI is InChI=1S/C26H33N3O4/c1-4-21(2)29(26(31)24-13-9-16-33-24)20-25(30)28(15-17-32-3)19-23-12-8-14-27(23)18-22-10-6-5-7-11-22/h5-14,16,21H,4,15,17-20H2,1-3H3/t21-/m0/s1. The van der Waals surface area contributed by atoms with Gasteiger partial charge in [-0.25, -0.2) is 0 Å². The first kappa shape index (κ1) is 24.3. The molecule has 2 amide bonds. The highest BCUT2D eigenvalue weighted by molar-refractivity contribution is 5.94. The lowest BCUT2D eigenvalue weighted by Crippen LogP contribution is -2.47. The van der Waals surface area contributed by atoms with Crippen molar-refractivity contribution in [1.29, 1.82) is 0 Å². The fourth-order valence-corrected chi connectivity index (χ4v) is 3.65. The first-order valence-electron chi connectivity index (χ1n) is 11.3. The van der Waals surface area contributed by atoms with Crippen LogP contribution in [0.4, 0.5) is 0 Å². The Bertz CT molecular complexity index is 998. The molecule has 0 unspecified atom stereocenters. The van der Waals surface area contributed by atoms with Crippen LogP contribution in [-0.4, -0.2) is 59.0 Å². The van der Waals surface area contributed by atoms with Gasteiger partial charge in [-0.1, -0.05) is 37.3 Å². The van der Waals surface area contributed by atoms with Crippen molar-refractivity contribution in [1.82, 2.24) is 14.4 Å². The van der Waals surface area contributed by atoms with Crippen molar-refractivity contribution < 1.29 is 18.7 Å². The van der Waals surface area contributed by atoms with E-state index in [0.29, 0.717) is 19.7 Å². The van der Waals surface area contributed by atoms with Gasteiger partial charge in [-0.2, -0.15) is 0 Å². The van der Waals surface area contributed by atoms with Gasteiger partial charge >= 0.3 is 0 Å². The third-order valence-electron chi connectivity index (χ3n) is 5.81. The van der Waals surface area contributed by atoms with Crippen LogP contribution in [-0.2, 0) is 22.6 Å². The highest BCUT2D eigenvalue weighted by Crippen LogP contribution is 2.15. The van der Waals surface area contributed by atoms with Crippen molar-refractivity contribution in [3.8, 4) is 0 Å². The zero-order chi connectivity index (χ0) is 23.6. The molecular formula is C26H33N3O4. The molecule has 0 saturated heterocycles. The van der Waals surface area contributed by atoms with E-state index < -0.39 is 0 Å². The van der Waals surface area contributed by atoms with Crippen molar-refractivity contribution in [2.75, 3.05) is 26.8 Å². The fourth-order valence-electron chi connectivity index (χ4n) is 3.65. The molecule has 33 heavy (non-hydrogen) atoms. The summed E-state index contributed by atoms with van der Waals surface area (Å²) in [5.41, 5.74) is 2.22. The van der Waals surface area contributed by atoms with E-state index in [-0.39, 0.29) is 30.2 Å². The molecule has 2 aromatic heterocycles. The van der Waals surface area contributed by atoms with E-state index in [2.05, 4.69) is 16.7 Å². The Morgan fingerprint density at radius 2 is 1.88 bits per heavy atom. The van der Waals surface area contributed by atoms with Crippen LogP contribution in [0.2, 0.25) is 0 Å². The molecule has 2 heterocycles. The summed E-state index contributed by atoms with van der Waals surface area (Å²) in [5, 5.41) is 0. The molecule has 1 atom stereocenters. The zero-order valence-electron chi connectivity index (χ0n) is 19.6. The molecule has 1 aromatic carbocycles. The quantitative estimate of drug-likeness (QED) is 0.417. The zero-order valence-corrected chi connectivity index (χ0v) is 19.6. The van der Waals surface area contributed by atoms with Crippen LogP contribution in [0.25, 0.3) is 0 Å². The molecule has 0 aliphatic heterocycles. The first-order valence-corrected chi connectivity index (χ1v) is 11.3. The summed E-state index contributed by atoms with van der Waals surface area (Å²) in [4.78, 5) is 29.7. The van der Waals surface area contributed by atoms with Crippen LogP contribution >= 0.6 is 0 Å². The highest BCUT2D eigenvalue weighted by atomic mass is 16.5. The molecule has 3 rings (SSSR count). The number of hydrogen-bond acceptors (Lipinski definition) is 4. The predicted octanol–water partition coefficient (Wildman–Crippen LogP) is 4.05. The molecule has 0 aliphatic rings. The number of methoxy groups -OCH3 is 1. The van der Waals surface area contributed by atoms with Gasteiger partial charge in [-0.05, 0) is 43.2 Å². The molecule has 0 bridgehead atoms. The second-order valence-electron chi connectivity index (χ2n) is 8.09. The van der Waals surface area contributed by atoms with Crippen molar-refractivity contribution in [2.45, 2.75) is 39.4 Å². The molecule has 7 heteroatoms. The monoisotopic (exact) mass is 451 g/mol.